The first-order chi connectivity index (χ1) is 9.13. The lowest BCUT2D eigenvalue weighted by Gasteiger charge is -2.01. The standard InChI is InChI=1S/C13H12BN3O2/c15-11-4-5-17-8-12(16-13(17)7-11)9-2-1-3-10(6-9)14(18)19/h1-8,18-19H,15H2. The topological polar surface area (TPSA) is 83.8 Å². The average Bonchev–Trinajstić information content (AvgIpc) is 2.81. The predicted molar refractivity (Wildman–Crippen MR) is 74.9 cm³/mol. The second-order valence-corrected chi connectivity index (χ2v) is 4.35. The summed E-state index contributed by atoms with van der Waals surface area (Å²) >= 11 is 0. The summed E-state index contributed by atoms with van der Waals surface area (Å²) in [5.74, 6) is 0. The van der Waals surface area contributed by atoms with Crippen molar-refractivity contribution in [2.75, 3.05) is 5.73 Å². The first-order valence-corrected chi connectivity index (χ1v) is 5.84. The van der Waals surface area contributed by atoms with Gasteiger partial charge in [-0.15, -0.1) is 0 Å². The van der Waals surface area contributed by atoms with Crippen LogP contribution < -0.4 is 11.2 Å². The van der Waals surface area contributed by atoms with Gasteiger partial charge in [-0.3, -0.25) is 0 Å². The molecule has 5 nitrogen and oxygen atoms in total. The molecule has 0 unspecified atom stereocenters. The Kier molecular flexibility index (Phi) is 2.74. The third-order valence-electron chi connectivity index (χ3n) is 2.96. The van der Waals surface area contributed by atoms with Gasteiger partial charge in [0, 0.05) is 29.7 Å². The molecule has 0 saturated carbocycles. The molecule has 0 fully saturated rings. The van der Waals surface area contributed by atoms with Crippen LogP contribution in [0.3, 0.4) is 0 Å². The first kappa shape index (κ1) is 11.8. The van der Waals surface area contributed by atoms with E-state index in [4.69, 9.17) is 5.73 Å². The highest BCUT2D eigenvalue weighted by molar-refractivity contribution is 6.58. The molecule has 0 atom stereocenters. The van der Waals surface area contributed by atoms with E-state index in [9.17, 15) is 10.0 Å². The maximum absolute atomic E-state index is 9.18. The first-order valence-electron chi connectivity index (χ1n) is 5.84. The maximum atomic E-state index is 9.18. The molecular weight excluding hydrogens is 241 g/mol. The van der Waals surface area contributed by atoms with E-state index in [1.54, 1.807) is 30.3 Å². The van der Waals surface area contributed by atoms with Gasteiger partial charge in [-0.25, -0.2) is 4.98 Å². The summed E-state index contributed by atoms with van der Waals surface area (Å²) in [5.41, 5.74) is 9.15. The van der Waals surface area contributed by atoms with E-state index in [-0.39, 0.29) is 0 Å². The monoisotopic (exact) mass is 253 g/mol. The fourth-order valence-corrected chi connectivity index (χ4v) is 2.00. The molecule has 3 aromatic rings. The van der Waals surface area contributed by atoms with Gasteiger partial charge in [-0.05, 0) is 11.5 Å². The fraction of sp³-hybridized carbons (Fsp3) is 0. The number of nitrogens with zero attached hydrogens (tertiary/aromatic N) is 2. The van der Waals surface area contributed by atoms with Crippen LogP contribution in [0.1, 0.15) is 0 Å². The van der Waals surface area contributed by atoms with Crippen LogP contribution in [0.5, 0.6) is 0 Å². The van der Waals surface area contributed by atoms with Crippen LogP contribution in [-0.4, -0.2) is 26.6 Å². The van der Waals surface area contributed by atoms with Crippen LogP contribution in [0.25, 0.3) is 16.9 Å². The Morgan fingerprint density at radius 3 is 2.79 bits per heavy atom. The smallest absolute Gasteiger partial charge is 0.423 e. The molecule has 2 aromatic heterocycles. The van der Waals surface area contributed by atoms with Gasteiger partial charge in [0.2, 0.25) is 0 Å². The zero-order valence-electron chi connectivity index (χ0n) is 10.1. The number of imidazole rings is 1. The van der Waals surface area contributed by atoms with Crippen molar-refractivity contribution in [1.29, 1.82) is 0 Å². The number of nitrogen functional groups attached to an aromatic ring is 1. The van der Waals surface area contributed by atoms with Crippen molar-refractivity contribution in [1.82, 2.24) is 9.38 Å². The molecule has 4 N–H and O–H groups in total. The summed E-state index contributed by atoms with van der Waals surface area (Å²) in [6.45, 7) is 0. The van der Waals surface area contributed by atoms with Gasteiger partial charge in [0.15, 0.2) is 0 Å². The number of fused-ring (bicyclic) bond motifs is 1. The Morgan fingerprint density at radius 2 is 2.00 bits per heavy atom. The Balaban J connectivity index is 2.11. The zero-order valence-corrected chi connectivity index (χ0v) is 10.1. The molecular formula is C13H12BN3O2. The van der Waals surface area contributed by atoms with E-state index < -0.39 is 7.12 Å². The van der Waals surface area contributed by atoms with Crippen molar-refractivity contribution in [2.24, 2.45) is 0 Å². The van der Waals surface area contributed by atoms with Crippen molar-refractivity contribution >= 4 is 23.9 Å². The Hall–Kier alpha value is -2.31. The lowest BCUT2D eigenvalue weighted by Crippen LogP contribution is -2.29. The molecule has 0 aliphatic rings. The molecule has 0 bridgehead atoms. The van der Waals surface area contributed by atoms with Gasteiger partial charge in [-0.2, -0.15) is 0 Å². The largest absolute Gasteiger partial charge is 0.488 e. The normalized spacial score (nSPS) is 10.8. The van der Waals surface area contributed by atoms with Crippen LogP contribution in [0.15, 0.2) is 48.8 Å². The van der Waals surface area contributed by atoms with E-state index in [2.05, 4.69) is 4.98 Å². The number of hydrogen-bond donors (Lipinski definition) is 3. The quantitative estimate of drug-likeness (QED) is 0.572. The number of anilines is 1. The second-order valence-electron chi connectivity index (χ2n) is 4.35. The summed E-state index contributed by atoms with van der Waals surface area (Å²) in [7, 11) is -1.48. The minimum atomic E-state index is -1.48. The lowest BCUT2D eigenvalue weighted by molar-refractivity contribution is 0.426. The molecule has 0 radical (unpaired) electrons. The lowest BCUT2D eigenvalue weighted by atomic mass is 9.79. The van der Waals surface area contributed by atoms with E-state index in [0.717, 1.165) is 16.9 Å². The number of benzene rings is 1. The minimum Gasteiger partial charge on any atom is -0.423 e. The summed E-state index contributed by atoms with van der Waals surface area (Å²) in [5, 5.41) is 18.4. The fourth-order valence-electron chi connectivity index (χ4n) is 2.00. The van der Waals surface area contributed by atoms with Gasteiger partial charge in [-0.1, -0.05) is 24.3 Å². The highest BCUT2D eigenvalue weighted by Gasteiger charge is 2.12. The van der Waals surface area contributed by atoms with E-state index in [0.29, 0.717) is 11.2 Å². The van der Waals surface area contributed by atoms with Crippen LogP contribution in [0, 0.1) is 0 Å². The molecule has 0 amide bonds. The Morgan fingerprint density at radius 1 is 1.16 bits per heavy atom. The zero-order chi connectivity index (χ0) is 13.4. The number of rotatable bonds is 2. The van der Waals surface area contributed by atoms with Gasteiger partial charge < -0.3 is 20.2 Å². The van der Waals surface area contributed by atoms with Crippen molar-refractivity contribution < 1.29 is 10.0 Å². The number of pyridine rings is 1. The highest BCUT2D eigenvalue weighted by atomic mass is 16.4. The van der Waals surface area contributed by atoms with Crippen LogP contribution in [0.2, 0.25) is 0 Å². The summed E-state index contributed by atoms with van der Waals surface area (Å²) in [4.78, 5) is 4.46. The van der Waals surface area contributed by atoms with Crippen LogP contribution >= 0.6 is 0 Å². The number of aromatic nitrogens is 2. The van der Waals surface area contributed by atoms with Gasteiger partial charge in [0.1, 0.15) is 5.65 Å². The van der Waals surface area contributed by atoms with Gasteiger partial charge in [0.05, 0.1) is 5.69 Å². The van der Waals surface area contributed by atoms with Crippen LogP contribution in [0.4, 0.5) is 5.69 Å². The van der Waals surface area contributed by atoms with Crippen LogP contribution in [-0.2, 0) is 0 Å². The third kappa shape index (κ3) is 2.19. The molecule has 0 aliphatic carbocycles. The molecule has 19 heavy (non-hydrogen) atoms. The van der Waals surface area contributed by atoms with E-state index in [1.165, 1.54) is 0 Å². The van der Waals surface area contributed by atoms with Gasteiger partial charge >= 0.3 is 7.12 Å². The molecule has 94 valence electrons. The van der Waals surface area contributed by atoms with Crippen molar-refractivity contribution in [2.45, 2.75) is 0 Å². The maximum Gasteiger partial charge on any atom is 0.488 e. The molecule has 2 heterocycles. The Bertz CT molecular complexity index is 740. The minimum absolute atomic E-state index is 0.439. The SMILES string of the molecule is Nc1ccn2cc(-c3cccc(B(O)O)c3)nc2c1. The number of nitrogens with two attached hydrogens (primary N) is 1. The number of hydrogen-bond acceptors (Lipinski definition) is 4. The second kappa shape index (κ2) is 4.42. The predicted octanol–water partition coefficient (Wildman–Crippen LogP) is 0.263. The summed E-state index contributed by atoms with van der Waals surface area (Å²) < 4.78 is 1.87. The molecule has 0 saturated heterocycles. The molecule has 1 aromatic carbocycles. The third-order valence-corrected chi connectivity index (χ3v) is 2.96. The van der Waals surface area contributed by atoms with Gasteiger partial charge in [0.25, 0.3) is 0 Å². The molecule has 0 aliphatic heterocycles. The molecule has 0 spiro atoms. The van der Waals surface area contributed by atoms with Crippen molar-refractivity contribution in [3.8, 4) is 11.3 Å². The highest BCUT2D eigenvalue weighted by Crippen LogP contribution is 2.19. The summed E-state index contributed by atoms with van der Waals surface area (Å²) in [6.07, 6.45) is 3.71. The van der Waals surface area contributed by atoms with Crippen molar-refractivity contribution in [3.63, 3.8) is 0 Å². The Labute approximate surface area is 110 Å². The molecule has 3 rings (SSSR count). The van der Waals surface area contributed by atoms with E-state index in [1.807, 2.05) is 22.9 Å². The summed E-state index contributed by atoms with van der Waals surface area (Å²) in [6, 6.07) is 10.6. The average molecular weight is 253 g/mol. The van der Waals surface area contributed by atoms with Crippen molar-refractivity contribution in [3.05, 3.63) is 48.8 Å². The van der Waals surface area contributed by atoms with E-state index >= 15 is 0 Å². The molecule has 6 heteroatoms.